The molecule has 1 aromatic carbocycles. The van der Waals surface area contributed by atoms with Gasteiger partial charge in [0.2, 0.25) is 5.91 Å². The lowest BCUT2D eigenvalue weighted by molar-refractivity contribution is -0.125. The number of aryl methyl sites for hydroxylation is 1. The zero-order valence-corrected chi connectivity index (χ0v) is 12.6. The highest BCUT2D eigenvalue weighted by molar-refractivity contribution is 6.02. The summed E-state index contributed by atoms with van der Waals surface area (Å²) in [5, 5.41) is 2.84. The standard InChI is InChI=1S/C16H20N2O4/c1-11-4-5-13-14(7-11)22-10-16(20)18(13)9-15(19)17-8-12-3-2-6-21-12/h4-5,7,12H,2-3,6,8-10H2,1H3,(H,17,19)/t12-/m1/s1. The van der Waals surface area contributed by atoms with E-state index in [9.17, 15) is 9.59 Å². The first kappa shape index (κ1) is 14.8. The van der Waals surface area contributed by atoms with Gasteiger partial charge in [0.05, 0.1) is 11.8 Å². The molecule has 2 amide bonds. The van der Waals surface area contributed by atoms with Gasteiger partial charge in [-0.3, -0.25) is 14.5 Å². The van der Waals surface area contributed by atoms with Crippen molar-refractivity contribution in [3.63, 3.8) is 0 Å². The lowest BCUT2D eigenvalue weighted by Gasteiger charge is -2.29. The highest BCUT2D eigenvalue weighted by Crippen LogP contribution is 2.32. The fraction of sp³-hybridized carbons (Fsp3) is 0.500. The van der Waals surface area contributed by atoms with Crippen LogP contribution in [-0.4, -0.2) is 44.2 Å². The van der Waals surface area contributed by atoms with E-state index in [0.717, 1.165) is 25.0 Å². The van der Waals surface area contributed by atoms with Crippen LogP contribution >= 0.6 is 0 Å². The normalized spacial score (nSPS) is 20.5. The minimum atomic E-state index is -0.205. The van der Waals surface area contributed by atoms with Gasteiger partial charge in [0.1, 0.15) is 12.3 Å². The van der Waals surface area contributed by atoms with Crippen LogP contribution in [0.3, 0.4) is 0 Å². The van der Waals surface area contributed by atoms with Crippen molar-refractivity contribution in [3.8, 4) is 5.75 Å². The van der Waals surface area contributed by atoms with Gasteiger partial charge in [-0.2, -0.15) is 0 Å². The van der Waals surface area contributed by atoms with E-state index in [1.807, 2.05) is 25.1 Å². The molecule has 1 N–H and O–H groups in total. The molecule has 2 aliphatic rings. The largest absolute Gasteiger partial charge is 0.482 e. The van der Waals surface area contributed by atoms with Gasteiger partial charge >= 0.3 is 0 Å². The van der Waals surface area contributed by atoms with Gasteiger partial charge in [0.15, 0.2) is 6.61 Å². The predicted octanol–water partition coefficient (Wildman–Crippen LogP) is 1.02. The first-order chi connectivity index (χ1) is 10.6. The minimum Gasteiger partial charge on any atom is -0.482 e. The van der Waals surface area contributed by atoms with Crippen molar-refractivity contribution < 1.29 is 19.1 Å². The Kier molecular flexibility index (Phi) is 4.29. The monoisotopic (exact) mass is 304 g/mol. The quantitative estimate of drug-likeness (QED) is 0.901. The number of anilines is 1. The van der Waals surface area contributed by atoms with Gasteiger partial charge in [0.25, 0.3) is 5.91 Å². The van der Waals surface area contributed by atoms with Crippen molar-refractivity contribution in [2.75, 3.05) is 31.2 Å². The van der Waals surface area contributed by atoms with Gasteiger partial charge in [-0.05, 0) is 37.5 Å². The Bertz CT molecular complexity index is 582. The van der Waals surface area contributed by atoms with E-state index < -0.39 is 0 Å². The van der Waals surface area contributed by atoms with Crippen molar-refractivity contribution in [1.82, 2.24) is 5.32 Å². The molecular weight excluding hydrogens is 284 g/mol. The summed E-state index contributed by atoms with van der Waals surface area (Å²) >= 11 is 0. The topological polar surface area (TPSA) is 67.9 Å². The third-order valence-corrected chi connectivity index (χ3v) is 3.91. The molecule has 118 valence electrons. The van der Waals surface area contributed by atoms with Gasteiger partial charge in [-0.15, -0.1) is 0 Å². The summed E-state index contributed by atoms with van der Waals surface area (Å²) in [4.78, 5) is 25.6. The van der Waals surface area contributed by atoms with E-state index in [4.69, 9.17) is 9.47 Å². The van der Waals surface area contributed by atoms with Crippen LogP contribution in [0.2, 0.25) is 0 Å². The molecule has 0 spiro atoms. The summed E-state index contributed by atoms with van der Waals surface area (Å²) in [5.74, 6) is 0.257. The smallest absolute Gasteiger partial charge is 0.265 e. The second-order valence-electron chi connectivity index (χ2n) is 5.68. The average molecular weight is 304 g/mol. The molecule has 1 fully saturated rings. The van der Waals surface area contributed by atoms with Crippen LogP contribution in [0, 0.1) is 6.92 Å². The molecule has 1 aromatic rings. The maximum Gasteiger partial charge on any atom is 0.265 e. The fourth-order valence-electron chi connectivity index (χ4n) is 2.72. The number of carbonyl (C=O) groups is 2. The molecule has 1 saturated heterocycles. The minimum absolute atomic E-state index is 0.00493. The van der Waals surface area contributed by atoms with Gasteiger partial charge in [-0.1, -0.05) is 6.07 Å². The molecule has 0 saturated carbocycles. The van der Waals surface area contributed by atoms with E-state index in [1.165, 1.54) is 4.90 Å². The Morgan fingerprint density at radius 2 is 2.32 bits per heavy atom. The highest BCUT2D eigenvalue weighted by Gasteiger charge is 2.27. The highest BCUT2D eigenvalue weighted by atomic mass is 16.5. The van der Waals surface area contributed by atoms with Crippen LogP contribution in [0.1, 0.15) is 18.4 Å². The van der Waals surface area contributed by atoms with Crippen molar-refractivity contribution in [2.24, 2.45) is 0 Å². The van der Waals surface area contributed by atoms with E-state index in [2.05, 4.69) is 5.32 Å². The first-order valence-corrected chi connectivity index (χ1v) is 7.55. The molecule has 0 radical (unpaired) electrons. The number of fused-ring (bicyclic) bond motifs is 1. The van der Waals surface area contributed by atoms with E-state index in [1.54, 1.807) is 0 Å². The van der Waals surface area contributed by atoms with Crippen LogP contribution in [-0.2, 0) is 14.3 Å². The predicted molar refractivity (Wildman–Crippen MR) is 81.0 cm³/mol. The Morgan fingerprint density at radius 3 is 3.09 bits per heavy atom. The van der Waals surface area contributed by atoms with Gasteiger partial charge in [-0.25, -0.2) is 0 Å². The molecule has 0 aromatic heterocycles. The van der Waals surface area contributed by atoms with E-state index in [0.29, 0.717) is 18.0 Å². The number of nitrogens with zero attached hydrogens (tertiary/aromatic N) is 1. The van der Waals surface area contributed by atoms with Crippen molar-refractivity contribution in [1.29, 1.82) is 0 Å². The Labute approximate surface area is 129 Å². The lowest BCUT2D eigenvalue weighted by atomic mass is 10.1. The molecule has 6 heteroatoms. The number of hydrogen-bond donors (Lipinski definition) is 1. The first-order valence-electron chi connectivity index (χ1n) is 7.55. The summed E-state index contributed by atoms with van der Waals surface area (Å²) in [6.45, 7) is 3.19. The lowest BCUT2D eigenvalue weighted by Crippen LogP contribution is -2.46. The van der Waals surface area contributed by atoms with Crippen molar-refractivity contribution in [3.05, 3.63) is 23.8 Å². The van der Waals surface area contributed by atoms with E-state index >= 15 is 0 Å². The molecular formula is C16H20N2O4. The Hall–Kier alpha value is -2.08. The second kappa shape index (κ2) is 6.36. The SMILES string of the molecule is Cc1ccc2c(c1)OCC(=O)N2CC(=O)NC[C@H]1CCCO1. The molecule has 0 bridgehead atoms. The number of benzene rings is 1. The zero-order chi connectivity index (χ0) is 15.5. The third-order valence-electron chi connectivity index (χ3n) is 3.91. The summed E-state index contributed by atoms with van der Waals surface area (Å²) in [6.07, 6.45) is 2.10. The molecule has 2 heterocycles. The zero-order valence-electron chi connectivity index (χ0n) is 12.6. The molecule has 0 unspecified atom stereocenters. The van der Waals surface area contributed by atoms with Crippen LogP contribution in [0.25, 0.3) is 0 Å². The van der Waals surface area contributed by atoms with Gasteiger partial charge in [0, 0.05) is 13.2 Å². The average Bonchev–Trinajstić information content (AvgIpc) is 3.01. The summed E-state index contributed by atoms with van der Waals surface area (Å²) in [6, 6.07) is 5.59. The molecule has 6 nitrogen and oxygen atoms in total. The van der Waals surface area contributed by atoms with E-state index in [-0.39, 0.29) is 31.1 Å². The van der Waals surface area contributed by atoms with Crippen molar-refractivity contribution in [2.45, 2.75) is 25.9 Å². The van der Waals surface area contributed by atoms with Crippen LogP contribution in [0.15, 0.2) is 18.2 Å². The molecule has 3 rings (SSSR count). The number of carbonyl (C=O) groups excluding carboxylic acids is 2. The van der Waals surface area contributed by atoms with Crippen molar-refractivity contribution >= 4 is 17.5 Å². The fourth-order valence-corrected chi connectivity index (χ4v) is 2.72. The van der Waals surface area contributed by atoms with Crippen LogP contribution < -0.4 is 15.0 Å². The van der Waals surface area contributed by atoms with Crippen LogP contribution in [0.4, 0.5) is 5.69 Å². The summed E-state index contributed by atoms with van der Waals surface area (Å²) < 4.78 is 10.9. The third kappa shape index (κ3) is 3.22. The number of rotatable bonds is 4. The summed E-state index contributed by atoms with van der Waals surface area (Å²) in [7, 11) is 0. The molecule has 1 atom stereocenters. The maximum absolute atomic E-state index is 12.1. The second-order valence-corrected chi connectivity index (χ2v) is 5.68. The molecule has 0 aliphatic carbocycles. The number of nitrogens with one attached hydrogen (secondary N) is 1. The van der Waals surface area contributed by atoms with Gasteiger partial charge < -0.3 is 14.8 Å². The van der Waals surface area contributed by atoms with Crippen LogP contribution in [0.5, 0.6) is 5.75 Å². The Balaban J connectivity index is 1.63. The number of ether oxygens (including phenoxy) is 2. The number of amides is 2. The number of hydrogen-bond acceptors (Lipinski definition) is 4. The molecule has 22 heavy (non-hydrogen) atoms. The summed E-state index contributed by atoms with van der Waals surface area (Å²) in [5.41, 5.74) is 1.70. The molecule has 2 aliphatic heterocycles. The Morgan fingerprint density at radius 1 is 1.45 bits per heavy atom. The maximum atomic E-state index is 12.1.